The molecule has 0 amide bonds. The van der Waals surface area contributed by atoms with E-state index in [1.165, 1.54) is 18.0 Å². The number of rotatable bonds is 11. The van der Waals surface area contributed by atoms with Crippen molar-refractivity contribution >= 4 is 23.0 Å². The van der Waals surface area contributed by atoms with E-state index in [4.69, 9.17) is 9.72 Å². The number of nitrogens with one attached hydrogen (secondary N) is 2. The van der Waals surface area contributed by atoms with Crippen molar-refractivity contribution in [1.82, 2.24) is 19.9 Å². The monoisotopic (exact) mass is 519 g/mol. The molecular weight excluding hydrogens is 478 g/mol. The fraction of sp³-hybridized carbons (Fsp3) is 0.414. The molecule has 0 aliphatic heterocycles. The van der Waals surface area contributed by atoms with Crippen LogP contribution in [0.2, 0.25) is 0 Å². The highest BCUT2D eigenvalue weighted by molar-refractivity contribution is 5.81. The Morgan fingerprint density at radius 3 is 2.42 bits per heavy atom. The van der Waals surface area contributed by atoms with Crippen molar-refractivity contribution in [2.75, 3.05) is 56.9 Å². The second-order valence-corrected chi connectivity index (χ2v) is 10.7. The summed E-state index contributed by atoms with van der Waals surface area (Å²) in [4.78, 5) is 17.7. The van der Waals surface area contributed by atoms with E-state index in [1.54, 1.807) is 7.11 Å². The molecule has 0 fully saturated rings. The maximum absolute atomic E-state index is 10.3. The summed E-state index contributed by atoms with van der Waals surface area (Å²) in [6.07, 6.45) is 2.02. The molecule has 0 saturated carbocycles. The maximum Gasteiger partial charge on any atom is 0.230 e. The first kappa shape index (κ1) is 28.9. The molecule has 204 valence electrons. The fourth-order valence-electron chi connectivity index (χ4n) is 3.92. The molecule has 9 heteroatoms. The molecule has 1 unspecified atom stereocenters. The molecule has 3 rings (SSSR count). The molecular formula is C29H41N7O2. The molecule has 0 aliphatic rings. The molecule has 1 aromatic heterocycles. The highest BCUT2D eigenvalue weighted by atomic mass is 16.5. The summed E-state index contributed by atoms with van der Waals surface area (Å²) < 4.78 is 5.72. The van der Waals surface area contributed by atoms with E-state index in [1.807, 2.05) is 33.3 Å². The molecule has 2 aromatic carbocycles. The van der Waals surface area contributed by atoms with E-state index < -0.39 is 6.23 Å². The molecule has 1 atom stereocenters. The van der Waals surface area contributed by atoms with Crippen molar-refractivity contribution in [3.05, 3.63) is 60.4 Å². The van der Waals surface area contributed by atoms with Crippen LogP contribution in [0, 0.1) is 6.92 Å². The summed E-state index contributed by atoms with van der Waals surface area (Å²) in [5.74, 6) is 1.58. The van der Waals surface area contributed by atoms with Gasteiger partial charge in [-0.3, -0.25) is 0 Å². The number of methoxy groups -OCH3 is 1. The third-order valence-corrected chi connectivity index (χ3v) is 6.16. The first-order valence-corrected chi connectivity index (χ1v) is 12.6. The number of likely N-dealkylation sites (N-methyl/N-ethyl adjacent to an activating group) is 2. The van der Waals surface area contributed by atoms with Crippen LogP contribution in [0.5, 0.6) is 5.75 Å². The van der Waals surface area contributed by atoms with Crippen LogP contribution in [0.25, 0.3) is 11.4 Å². The Kier molecular flexibility index (Phi) is 9.30. The Balaban J connectivity index is 2.00. The minimum Gasteiger partial charge on any atom is -0.494 e. The number of aromatic nitrogens is 3. The Labute approximate surface area is 226 Å². The van der Waals surface area contributed by atoms with Gasteiger partial charge < -0.3 is 30.3 Å². The van der Waals surface area contributed by atoms with Crippen molar-refractivity contribution in [3.63, 3.8) is 0 Å². The summed E-state index contributed by atoms with van der Waals surface area (Å²) in [6.45, 7) is 14.0. The first-order chi connectivity index (χ1) is 17.9. The number of hydrogen-bond acceptors (Lipinski definition) is 9. The molecule has 0 saturated heterocycles. The van der Waals surface area contributed by atoms with Crippen molar-refractivity contribution < 1.29 is 9.84 Å². The summed E-state index contributed by atoms with van der Waals surface area (Å²) in [7, 11) is 7.69. The zero-order chi connectivity index (χ0) is 28.0. The van der Waals surface area contributed by atoms with Gasteiger partial charge in [-0.15, -0.1) is 0 Å². The summed E-state index contributed by atoms with van der Waals surface area (Å²) in [5, 5.41) is 16.6. The lowest BCUT2D eigenvalue weighted by Gasteiger charge is -2.27. The highest BCUT2D eigenvalue weighted by Crippen LogP contribution is 2.38. The van der Waals surface area contributed by atoms with Gasteiger partial charge in [0.2, 0.25) is 5.95 Å². The van der Waals surface area contributed by atoms with E-state index in [2.05, 4.69) is 82.9 Å². The van der Waals surface area contributed by atoms with E-state index in [0.717, 1.165) is 29.9 Å². The van der Waals surface area contributed by atoms with Gasteiger partial charge in [0.05, 0.1) is 24.2 Å². The smallest absolute Gasteiger partial charge is 0.230 e. The average Bonchev–Trinajstić information content (AvgIpc) is 2.86. The van der Waals surface area contributed by atoms with Crippen LogP contribution < -0.4 is 20.3 Å². The molecule has 38 heavy (non-hydrogen) atoms. The summed E-state index contributed by atoms with van der Waals surface area (Å²) in [6, 6.07) is 10.2. The van der Waals surface area contributed by atoms with Gasteiger partial charge in [0, 0.05) is 31.8 Å². The third-order valence-electron chi connectivity index (χ3n) is 6.16. The quantitative estimate of drug-likeness (QED) is 0.243. The molecule has 0 aliphatic carbocycles. The molecule has 1 heterocycles. The zero-order valence-electron chi connectivity index (χ0n) is 23.8. The number of nitrogens with zero attached hydrogens (tertiary/aromatic N) is 5. The Morgan fingerprint density at radius 1 is 1.05 bits per heavy atom. The van der Waals surface area contributed by atoms with Gasteiger partial charge in [-0.05, 0) is 56.3 Å². The number of hydrogen-bond donors (Lipinski definition) is 3. The maximum atomic E-state index is 10.3. The van der Waals surface area contributed by atoms with E-state index in [9.17, 15) is 5.11 Å². The number of aryl methyl sites for hydroxylation is 1. The van der Waals surface area contributed by atoms with Crippen LogP contribution in [-0.2, 0) is 5.41 Å². The third kappa shape index (κ3) is 7.43. The number of aliphatic hydroxyl groups excluding tert-OH is 1. The predicted octanol–water partition coefficient (Wildman–Crippen LogP) is 4.81. The molecule has 9 nitrogen and oxygen atoms in total. The Hall–Kier alpha value is -3.69. The second kappa shape index (κ2) is 12.2. The second-order valence-electron chi connectivity index (χ2n) is 10.7. The molecule has 0 bridgehead atoms. The van der Waals surface area contributed by atoms with Crippen molar-refractivity contribution in [3.8, 4) is 17.1 Å². The fourth-order valence-corrected chi connectivity index (χ4v) is 3.92. The van der Waals surface area contributed by atoms with Crippen molar-refractivity contribution in [2.45, 2.75) is 39.3 Å². The van der Waals surface area contributed by atoms with Gasteiger partial charge >= 0.3 is 0 Å². The lowest BCUT2D eigenvalue weighted by molar-refractivity contribution is 0.253. The van der Waals surface area contributed by atoms with Gasteiger partial charge in [-0.25, -0.2) is 9.97 Å². The molecule has 3 N–H and O–H groups in total. The van der Waals surface area contributed by atoms with Gasteiger partial charge in [-0.1, -0.05) is 39.0 Å². The van der Waals surface area contributed by atoms with Crippen LogP contribution >= 0.6 is 0 Å². The van der Waals surface area contributed by atoms with Gasteiger partial charge in [0.1, 0.15) is 18.3 Å². The van der Waals surface area contributed by atoms with Crippen LogP contribution in [0.1, 0.15) is 31.9 Å². The SMILES string of the molecule is C=CC(O)Nc1cc(Nc2ncnc(-c3cc(C)cc(C(C)(C)C)c3)n2)c(OC)cc1N(C)CCN(C)C. The lowest BCUT2D eigenvalue weighted by Crippen LogP contribution is -2.29. The minimum atomic E-state index is -0.917. The van der Waals surface area contributed by atoms with E-state index in [0.29, 0.717) is 28.9 Å². The molecule has 0 radical (unpaired) electrons. The average molecular weight is 520 g/mol. The lowest BCUT2D eigenvalue weighted by atomic mass is 9.85. The molecule has 3 aromatic rings. The van der Waals surface area contributed by atoms with Crippen molar-refractivity contribution in [1.29, 1.82) is 0 Å². The predicted molar refractivity (Wildman–Crippen MR) is 157 cm³/mol. The number of ether oxygens (including phenoxy) is 1. The van der Waals surface area contributed by atoms with Crippen LogP contribution in [-0.4, -0.2) is 72.5 Å². The van der Waals surface area contributed by atoms with Gasteiger partial charge in [-0.2, -0.15) is 4.98 Å². The standard InChI is InChI=1S/C29H41N7O2/c1-10-26(37)32-22-16-23(25(38-9)17-24(22)36(8)12-11-35(6)7)33-28-31-18-30-27(34-28)20-13-19(2)14-21(15-20)29(3,4)5/h10,13-18,26,32,37H,1,11-12H2,2-9H3,(H,30,31,33,34). The van der Waals surface area contributed by atoms with Gasteiger partial charge in [0.25, 0.3) is 0 Å². The highest BCUT2D eigenvalue weighted by Gasteiger charge is 2.18. The summed E-state index contributed by atoms with van der Waals surface area (Å²) in [5.41, 5.74) is 5.53. The van der Waals surface area contributed by atoms with Gasteiger partial charge in [0.15, 0.2) is 5.82 Å². The summed E-state index contributed by atoms with van der Waals surface area (Å²) >= 11 is 0. The number of anilines is 4. The first-order valence-electron chi connectivity index (χ1n) is 12.6. The van der Waals surface area contributed by atoms with Crippen LogP contribution in [0.4, 0.5) is 23.0 Å². The largest absolute Gasteiger partial charge is 0.494 e. The Morgan fingerprint density at radius 2 is 1.79 bits per heavy atom. The zero-order valence-corrected chi connectivity index (χ0v) is 23.8. The van der Waals surface area contributed by atoms with E-state index in [-0.39, 0.29) is 5.41 Å². The minimum absolute atomic E-state index is 0.00308. The Bertz CT molecular complexity index is 1250. The number of aliphatic hydroxyl groups is 1. The number of benzene rings is 2. The van der Waals surface area contributed by atoms with E-state index >= 15 is 0 Å². The van der Waals surface area contributed by atoms with Crippen molar-refractivity contribution in [2.24, 2.45) is 0 Å². The van der Waals surface area contributed by atoms with Crippen LogP contribution in [0.3, 0.4) is 0 Å². The normalized spacial score (nSPS) is 12.3. The molecule has 0 spiro atoms. The van der Waals surface area contributed by atoms with Crippen LogP contribution in [0.15, 0.2) is 49.3 Å². The topological polar surface area (TPSA) is 98.7 Å².